The van der Waals surface area contributed by atoms with Gasteiger partial charge in [-0.05, 0) is 18.4 Å². The van der Waals surface area contributed by atoms with Crippen molar-refractivity contribution in [3.05, 3.63) is 41.1 Å². The number of methoxy groups -OCH3 is 1. The Morgan fingerprint density at radius 1 is 1.23 bits per heavy atom. The molecule has 2 amide bonds. The Morgan fingerprint density at radius 3 is 2.62 bits per heavy atom. The van der Waals surface area contributed by atoms with Gasteiger partial charge < -0.3 is 20.1 Å². The van der Waals surface area contributed by atoms with E-state index in [2.05, 4.69) is 17.6 Å². The Morgan fingerprint density at radius 2 is 1.96 bits per heavy atom. The fraction of sp³-hybridized carbons (Fsp3) is 0.500. The summed E-state index contributed by atoms with van der Waals surface area (Å²) in [6.07, 6.45) is 3.17. The average Bonchev–Trinajstić information content (AvgIpc) is 2.64. The molecule has 0 aliphatic carbocycles. The molecular weight excluding hydrogens is 332 g/mol. The third kappa shape index (κ3) is 4.56. The normalized spacial score (nSPS) is 17.0. The molecule has 1 aromatic rings. The molecule has 0 saturated carbocycles. The number of hydrogen-bond acceptors (Lipinski definition) is 4. The van der Waals surface area contributed by atoms with Gasteiger partial charge >= 0.3 is 12.0 Å². The summed E-state index contributed by atoms with van der Waals surface area (Å²) in [5, 5.41) is 5.58. The van der Waals surface area contributed by atoms with Crippen molar-refractivity contribution in [2.24, 2.45) is 5.92 Å². The van der Waals surface area contributed by atoms with E-state index in [9.17, 15) is 9.59 Å². The van der Waals surface area contributed by atoms with Crippen molar-refractivity contribution in [3.8, 4) is 5.75 Å². The predicted octanol–water partition coefficient (Wildman–Crippen LogP) is 3.69. The summed E-state index contributed by atoms with van der Waals surface area (Å²) in [6.45, 7) is 6.58. The number of rotatable bonds is 8. The van der Waals surface area contributed by atoms with Gasteiger partial charge in [0.1, 0.15) is 5.75 Å². The van der Waals surface area contributed by atoms with Crippen molar-refractivity contribution >= 4 is 12.0 Å². The van der Waals surface area contributed by atoms with Crippen molar-refractivity contribution in [2.75, 3.05) is 13.7 Å². The third-order valence-corrected chi connectivity index (χ3v) is 4.32. The number of unbranched alkanes of at least 4 members (excludes halogenated alkanes) is 2. The van der Waals surface area contributed by atoms with Crippen LogP contribution in [0.1, 0.15) is 51.6 Å². The maximum atomic E-state index is 12.5. The lowest BCUT2D eigenvalue weighted by Crippen LogP contribution is -2.47. The van der Waals surface area contributed by atoms with E-state index in [1.54, 1.807) is 0 Å². The molecule has 6 nitrogen and oxygen atoms in total. The van der Waals surface area contributed by atoms with Crippen LogP contribution >= 0.6 is 0 Å². The number of esters is 1. The van der Waals surface area contributed by atoms with E-state index < -0.39 is 12.0 Å². The van der Waals surface area contributed by atoms with Gasteiger partial charge in [-0.25, -0.2) is 9.59 Å². The fourth-order valence-corrected chi connectivity index (χ4v) is 3.00. The molecule has 0 saturated heterocycles. The van der Waals surface area contributed by atoms with E-state index in [0.29, 0.717) is 23.6 Å². The average molecular weight is 360 g/mol. The highest BCUT2D eigenvalue weighted by atomic mass is 16.5. The molecule has 1 unspecified atom stereocenters. The summed E-state index contributed by atoms with van der Waals surface area (Å²) in [4.78, 5) is 24.6. The summed E-state index contributed by atoms with van der Waals surface area (Å²) in [5.41, 5.74) is 1.73. The predicted molar refractivity (Wildman–Crippen MR) is 99.8 cm³/mol. The van der Waals surface area contributed by atoms with Gasteiger partial charge in [0.2, 0.25) is 0 Å². The number of nitrogens with one attached hydrogen (secondary N) is 2. The van der Waals surface area contributed by atoms with Gasteiger partial charge in [0.25, 0.3) is 0 Å². The Hall–Kier alpha value is -2.50. The number of benzene rings is 1. The largest absolute Gasteiger partial charge is 0.493 e. The van der Waals surface area contributed by atoms with Crippen LogP contribution in [0.4, 0.5) is 4.79 Å². The van der Waals surface area contributed by atoms with Gasteiger partial charge in [0, 0.05) is 11.3 Å². The van der Waals surface area contributed by atoms with Crippen LogP contribution in [0.15, 0.2) is 35.5 Å². The van der Waals surface area contributed by atoms with Crippen molar-refractivity contribution in [1.82, 2.24) is 10.6 Å². The zero-order chi connectivity index (χ0) is 19.1. The molecule has 26 heavy (non-hydrogen) atoms. The van der Waals surface area contributed by atoms with Gasteiger partial charge in [0.05, 0.1) is 25.3 Å². The van der Waals surface area contributed by atoms with E-state index in [1.165, 1.54) is 7.11 Å². The topological polar surface area (TPSA) is 76.7 Å². The number of carbonyl (C=O) groups excluding carboxylic acids is 2. The molecule has 1 aliphatic heterocycles. The van der Waals surface area contributed by atoms with Crippen LogP contribution in [0.5, 0.6) is 5.75 Å². The second kappa shape index (κ2) is 9.27. The van der Waals surface area contributed by atoms with E-state index in [0.717, 1.165) is 24.8 Å². The van der Waals surface area contributed by atoms with Crippen LogP contribution in [-0.2, 0) is 9.53 Å². The van der Waals surface area contributed by atoms with Gasteiger partial charge in [0.15, 0.2) is 0 Å². The SMILES string of the molecule is CCCCCOc1ccccc1C1NC(=O)NC(C(C)C)=C1C(=O)OC. The van der Waals surface area contributed by atoms with E-state index >= 15 is 0 Å². The Bertz CT molecular complexity index is 682. The first-order chi connectivity index (χ1) is 12.5. The minimum absolute atomic E-state index is 0.0321. The highest BCUT2D eigenvalue weighted by molar-refractivity contribution is 5.95. The lowest BCUT2D eigenvalue weighted by Gasteiger charge is -2.31. The van der Waals surface area contributed by atoms with E-state index in [-0.39, 0.29) is 11.9 Å². The first-order valence-electron chi connectivity index (χ1n) is 9.11. The lowest BCUT2D eigenvalue weighted by atomic mass is 9.91. The second-order valence-corrected chi connectivity index (χ2v) is 6.60. The highest BCUT2D eigenvalue weighted by Gasteiger charge is 2.35. The Labute approximate surface area is 154 Å². The zero-order valence-electron chi connectivity index (χ0n) is 15.9. The third-order valence-electron chi connectivity index (χ3n) is 4.32. The number of carbonyl (C=O) groups is 2. The van der Waals surface area contributed by atoms with Crippen molar-refractivity contribution in [3.63, 3.8) is 0 Å². The first kappa shape index (κ1) is 19.8. The number of hydrogen-bond donors (Lipinski definition) is 2. The maximum Gasteiger partial charge on any atom is 0.337 e. The smallest absolute Gasteiger partial charge is 0.337 e. The van der Waals surface area contributed by atoms with Crippen LogP contribution in [0.3, 0.4) is 0 Å². The van der Waals surface area contributed by atoms with Crippen LogP contribution in [0, 0.1) is 5.92 Å². The molecule has 6 heteroatoms. The number of para-hydroxylation sites is 1. The number of ether oxygens (including phenoxy) is 2. The molecule has 0 radical (unpaired) electrons. The number of amides is 2. The second-order valence-electron chi connectivity index (χ2n) is 6.60. The summed E-state index contributed by atoms with van der Waals surface area (Å²) in [6, 6.07) is 6.52. The molecule has 0 spiro atoms. The summed E-state index contributed by atoms with van der Waals surface area (Å²) in [7, 11) is 1.34. The van der Waals surface area contributed by atoms with Crippen molar-refractivity contribution in [1.29, 1.82) is 0 Å². The quantitative estimate of drug-likeness (QED) is 0.547. The van der Waals surface area contributed by atoms with Crippen LogP contribution in [0.2, 0.25) is 0 Å². The van der Waals surface area contributed by atoms with Gasteiger partial charge in [-0.1, -0.05) is 51.8 Å². The molecule has 2 N–H and O–H groups in total. The fourth-order valence-electron chi connectivity index (χ4n) is 3.00. The van der Waals surface area contributed by atoms with Crippen LogP contribution < -0.4 is 15.4 Å². The molecule has 1 aliphatic rings. The van der Waals surface area contributed by atoms with Gasteiger partial charge in [-0.15, -0.1) is 0 Å². The van der Waals surface area contributed by atoms with Gasteiger partial charge in [-0.2, -0.15) is 0 Å². The zero-order valence-corrected chi connectivity index (χ0v) is 15.9. The first-order valence-corrected chi connectivity index (χ1v) is 9.11. The monoisotopic (exact) mass is 360 g/mol. The van der Waals surface area contributed by atoms with Crippen LogP contribution in [-0.4, -0.2) is 25.7 Å². The molecule has 0 fully saturated rings. The molecule has 0 aromatic heterocycles. The molecule has 0 bridgehead atoms. The minimum Gasteiger partial charge on any atom is -0.493 e. The molecule has 1 heterocycles. The van der Waals surface area contributed by atoms with E-state index in [1.807, 2.05) is 38.1 Å². The summed E-state index contributed by atoms with van der Waals surface area (Å²) in [5.74, 6) is 0.169. The Balaban J connectivity index is 2.42. The molecular formula is C20H28N2O4. The minimum atomic E-state index is -0.615. The van der Waals surface area contributed by atoms with E-state index in [4.69, 9.17) is 9.47 Å². The molecule has 1 aromatic carbocycles. The molecule has 1 atom stereocenters. The van der Waals surface area contributed by atoms with Gasteiger partial charge in [-0.3, -0.25) is 0 Å². The number of allylic oxidation sites excluding steroid dienone is 1. The lowest BCUT2D eigenvalue weighted by molar-refractivity contribution is -0.136. The van der Waals surface area contributed by atoms with Crippen molar-refractivity contribution in [2.45, 2.75) is 46.1 Å². The standard InChI is InChI=1S/C20H28N2O4/c1-5-6-9-12-26-15-11-8-7-10-14(15)18-16(19(23)25-4)17(13(2)3)21-20(24)22-18/h7-8,10-11,13,18H,5-6,9,12H2,1-4H3,(H2,21,22,24). The number of urea groups is 1. The molecule has 2 rings (SSSR count). The summed E-state index contributed by atoms with van der Waals surface area (Å²) < 4.78 is 10.9. The van der Waals surface area contributed by atoms with Crippen molar-refractivity contribution < 1.29 is 19.1 Å². The maximum absolute atomic E-state index is 12.5. The van der Waals surface area contributed by atoms with Crippen LogP contribution in [0.25, 0.3) is 0 Å². The highest BCUT2D eigenvalue weighted by Crippen LogP contribution is 2.35. The molecule has 142 valence electrons. The summed E-state index contributed by atoms with van der Waals surface area (Å²) >= 11 is 0. The Kier molecular flexibility index (Phi) is 7.06.